The van der Waals surface area contributed by atoms with Crippen molar-refractivity contribution in [3.05, 3.63) is 82.8 Å². The van der Waals surface area contributed by atoms with Crippen LogP contribution in [0.3, 0.4) is 0 Å². The van der Waals surface area contributed by atoms with E-state index in [1.54, 1.807) is 55.6 Å². The van der Waals surface area contributed by atoms with Gasteiger partial charge in [-0.25, -0.2) is 0 Å². The molecule has 29 heavy (non-hydrogen) atoms. The molecular weight excluding hydrogens is 370 g/mol. The molecule has 1 heterocycles. The number of furan rings is 1. The molecule has 0 fully saturated rings. The van der Waals surface area contributed by atoms with E-state index in [1.165, 1.54) is 6.26 Å². The zero-order chi connectivity index (χ0) is 21.0. The predicted octanol–water partition coefficient (Wildman–Crippen LogP) is 3.76. The lowest BCUT2D eigenvalue weighted by molar-refractivity contribution is 0.0961. The molecule has 0 saturated carbocycles. The van der Waals surface area contributed by atoms with E-state index in [4.69, 9.17) is 4.42 Å². The Morgan fingerprint density at radius 3 is 2.10 bits per heavy atom. The topological polar surface area (TPSA) is 100 Å². The van der Waals surface area contributed by atoms with Crippen LogP contribution in [-0.2, 0) is 0 Å². The Morgan fingerprint density at radius 1 is 0.759 bits per heavy atom. The monoisotopic (exact) mass is 391 g/mol. The van der Waals surface area contributed by atoms with Crippen LogP contribution in [-0.4, -0.2) is 24.8 Å². The highest BCUT2D eigenvalue weighted by Crippen LogP contribution is 2.21. The van der Waals surface area contributed by atoms with Gasteiger partial charge in [-0.1, -0.05) is 6.07 Å². The van der Waals surface area contributed by atoms with E-state index < -0.39 is 5.91 Å². The van der Waals surface area contributed by atoms with Crippen molar-refractivity contribution < 1.29 is 18.8 Å². The Labute approximate surface area is 168 Å². The van der Waals surface area contributed by atoms with Crippen LogP contribution in [0.25, 0.3) is 0 Å². The molecule has 3 N–H and O–H groups in total. The molecule has 3 amide bonds. The van der Waals surface area contributed by atoms with Crippen LogP contribution in [0.15, 0.2) is 59.2 Å². The standard InChI is InChI=1S/C22H21N3O4/c1-13-6-7-16(12-18(13)25-22(28)19-5-4-10-29-19)21(27)24-17-9-8-15(11-14(17)2)20(26)23-3/h4-12H,1-3H3,(H,23,26)(H,24,27)(H,25,28). The summed E-state index contributed by atoms with van der Waals surface area (Å²) in [6.07, 6.45) is 1.42. The molecule has 3 rings (SSSR count). The smallest absolute Gasteiger partial charge is 0.291 e. The van der Waals surface area contributed by atoms with E-state index in [1.807, 2.05) is 13.8 Å². The van der Waals surface area contributed by atoms with Gasteiger partial charge in [0, 0.05) is 29.5 Å². The minimum atomic E-state index is -0.392. The highest BCUT2D eigenvalue weighted by molar-refractivity contribution is 6.07. The maximum atomic E-state index is 12.7. The van der Waals surface area contributed by atoms with Crippen molar-refractivity contribution >= 4 is 29.1 Å². The van der Waals surface area contributed by atoms with Gasteiger partial charge in [-0.05, 0) is 67.4 Å². The van der Waals surface area contributed by atoms with Gasteiger partial charge in [0.05, 0.1) is 6.26 Å². The van der Waals surface area contributed by atoms with E-state index in [-0.39, 0.29) is 17.6 Å². The lowest BCUT2D eigenvalue weighted by atomic mass is 10.1. The first kappa shape index (κ1) is 19.9. The summed E-state index contributed by atoms with van der Waals surface area (Å²) in [5.41, 5.74) is 3.60. The second-order valence-electron chi connectivity index (χ2n) is 6.52. The van der Waals surface area contributed by atoms with Crippen LogP contribution < -0.4 is 16.0 Å². The van der Waals surface area contributed by atoms with E-state index in [0.717, 1.165) is 11.1 Å². The first-order valence-corrected chi connectivity index (χ1v) is 8.98. The quantitative estimate of drug-likeness (QED) is 0.616. The summed E-state index contributed by atoms with van der Waals surface area (Å²) in [4.78, 5) is 36.6. The Kier molecular flexibility index (Phi) is 5.78. The lowest BCUT2D eigenvalue weighted by Crippen LogP contribution is -2.18. The lowest BCUT2D eigenvalue weighted by Gasteiger charge is -2.12. The Hall–Kier alpha value is -3.87. The van der Waals surface area contributed by atoms with Crippen molar-refractivity contribution in [3.8, 4) is 0 Å². The highest BCUT2D eigenvalue weighted by Gasteiger charge is 2.14. The number of carbonyl (C=O) groups is 3. The van der Waals surface area contributed by atoms with Crippen molar-refractivity contribution in [2.24, 2.45) is 0 Å². The Morgan fingerprint density at radius 2 is 1.45 bits per heavy atom. The SMILES string of the molecule is CNC(=O)c1ccc(NC(=O)c2ccc(C)c(NC(=O)c3ccco3)c2)c(C)c1. The van der Waals surface area contributed by atoms with Gasteiger partial charge < -0.3 is 20.4 Å². The van der Waals surface area contributed by atoms with Crippen LogP contribution >= 0.6 is 0 Å². The third-order valence-corrected chi connectivity index (χ3v) is 4.46. The van der Waals surface area contributed by atoms with Gasteiger partial charge in [-0.3, -0.25) is 14.4 Å². The van der Waals surface area contributed by atoms with Crippen LogP contribution in [0.2, 0.25) is 0 Å². The van der Waals surface area contributed by atoms with E-state index >= 15 is 0 Å². The number of amides is 3. The molecule has 0 atom stereocenters. The fourth-order valence-corrected chi connectivity index (χ4v) is 2.77. The molecule has 0 spiro atoms. The van der Waals surface area contributed by atoms with Gasteiger partial charge in [0.25, 0.3) is 17.7 Å². The number of benzene rings is 2. The maximum absolute atomic E-state index is 12.7. The molecule has 1 aromatic heterocycles. The average Bonchev–Trinajstić information content (AvgIpc) is 3.25. The molecule has 0 bridgehead atoms. The van der Waals surface area contributed by atoms with Crippen LogP contribution in [0.5, 0.6) is 0 Å². The summed E-state index contributed by atoms with van der Waals surface area (Å²) >= 11 is 0. The molecule has 0 unspecified atom stereocenters. The minimum absolute atomic E-state index is 0.186. The summed E-state index contributed by atoms with van der Waals surface area (Å²) in [7, 11) is 1.56. The van der Waals surface area contributed by atoms with Gasteiger partial charge in [0.2, 0.25) is 0 Å². The van der Waals surface area contributed by atoms with Crippen molar-refractivity contribution in [1.29, 1.82) is 0 Å². The Bertz CT molecular complexity index is 1070. The number of aryl methyl sites for hydroxylation is 2. The molecule has 0 aliphatic rings. The summed E-state index contributed by atoms with van der Waals surface area (Å²) in [6, 6.07) is 13.3. The summed E-state index contributed by atoms with van der Waals surface area (Å²) in [5.74, 6) is -0.724. The second-order valence-corrected chi connectivity index (χ2v) is 6.52. The fourth-order valence-electron chi connectivity index (χ4n) is 2.77. The van der Waals surface area contributed by atoms with Crippen LogP contribution in [0.4, 0.5) is 11.4 Å². The zero-order valence-corrected chi connectivity index (χ0v) is 16.3. The number of rotatable bonds is 5. The largest absolute Gasteiger partial charge is 0.459 e. The minimum Gasteiger partial charge on any atom is -0.459 e. The van der Waals surface area contributed by atoms with Gasteiger partial charge >= 0.3 is 0 Å². The summed E-state index contributed by atoms with van der Waals surface area (Å²) < 4.78 is 5.09. The molecule has 0 saturated heterocycles. The first-order chi connectivity index (χ1) is 13.9. The number of carbonyl (C=O) groups excluding carboxylic acids is 3. The molecule has 2 aromatic carbocycles. The van der Waals surface area contributed by atoms with Crippen LogP contribution in [0, 0.1) is 13.8 Å². The first-order valence-electron chi connectivity index (χ1n) is 8.98. The highest BCUT2D eigenvalue weighted by atomic mass is 16.3. The average molecular weight is 391 g/mol. The predicted molar refractivity (Wildman–Crippen MR) is 110 cm³/mol. The van der Waals surface area contributed by atoms with Crippen molar-refractivity contribution in [2.75, 3.05) is 17.7 Å². The van der Waals surface area contributed by atoms with E-state index in [0.29, 0.717) is 22.5 Å². The van der Waals surface area contributed by atoms with Crippen LogP contribution in [0.1, 0.15) is 42.4 Å². The molecule has 0 aliphatic heterocycles. The molecule has 3 aromatic rings. The van der Waals surface area contributed by atoms with E-state index in [9.17, 15) is 14.4 Å². The van der Waals surface area contributed by atoms with Crippen molar-refractivity contribution in [3.63, 3.8) is 0 Å². The summed E-state index contributed by atoms with van der Waals surface area (Å²) in [5, 5.41) is 8.15. The van der Waals surface area contributed by atoms with Crippen molar-refractivity contribution in [1.82, 2.24) is 5.32 Å². The van der Waals surface area contributed by atoms with Gasteiger partial charge in [-0.2, -0.15) is 0 Å². The molecular formula is C22H21N3O4. The van der Waals surface area contributed by atoms with Gasteiger partial charge in [0.15, 0.2) is 5.76 Å². The Balaban J connectivity index is 1.78. The van der Waals surface area contributed by atoms with Gasteiger partial charge in [0.1, 0.15) is 0 Å². The fraction of sp³-hybridized carbons (Fsp3) is 0.136. The van der Waals surface area contributed by atoms with E-state index in [2.05, 4.69) is 16.0 Å². The third-order valence-electron chi connectivity index (χ3n) is 4.46. The molecule has 0 aliphatic carbocycles. The molecule has 0 radical (unpaired) electrons. The maximum Gasteiger partial charge on any atom is 0.291 e. The van der Waals surface area contributed by atoms with Crippen molar-refractivity contribution in [2.45, 2.75) is 13.8 Å². The number of nitrogens with one attached hydrogen (secondary N) is 3. The van der Waals surface area contributed by atoms with Gasteiger partial charge in [-0.15, -0.1) is 0 Å². The number of hydrogen-bond donors (Lipinski definition) is 3. The molecule has 7 nitrogen and oxygen atoms in total. The summed E-state index contributed by atoms with van der Waals surface area (Å²) in [6.45, 7) is 3.65. The third kappa shape index (κ3) is 4.52. The zero-order valence-electron chi connectivity index (χ0n) is 16.3. The number of anilines is 2. The molecule has 7 heteroatoms. The molecule has 148 valence electrons. The number of hydrogen-bond acceptors (Lipinski definition) is 4. The second kappa shape index (κ2) is 8.43. The normalized spacial score (nSPS) is 10.3.